The molecule has 0 heterocycles. The van der Waals surface area contributed by atoms with Crippen molar-refractivity contribution in [3.05, 3.63) is 139 Å². The van der Waals surface area contributed by atoms with Crippen molar-refractivity contribution in [2.45, 2.75) is 108 Å². The molecule has 0 bridgehead atoms. The van der Waals surface area contributed by atoms with E-state index in [0.717, 1.165) is 23.1 Å². The van der Waals surface area contributed by atoms with Gasteiger partial charge in [-0.3, -0.25) is 10.1 Å². The lowest BCUT2D eigenvalue weighted by molar-refractivity contribution is -0.419. The second kappa shape index (κ2) is 16.4. The summed E-state index contributed by atoms with van der Waals surface area (Å²) in [6, 6.07) is 0. The average Bonchev–Trinajstić information content (AvgIpc) is 2.89. The summed E-state index contributed by atoms with van der Waals surface area (Å²) in [5.74, 6) is 0. The second-order valence-electron chi connectivity index (χ2n) is 13.7. The summed E-state index contributed by atoms with van der Waals surface area (Å²) >= 11 is 0. The van der Waals surface area contributed by atoms with E-state index in [0.29, 0.717) is 0 Å². The van der Waals surface area contributed by atoms with Crippen molar-refractivity contribution in [1.82, 2.24) is 0 Å². The highest BCUT2D eigenvalue weighted by Crippen LogP contribution is 2.41. The van der Waals surface area contributed by atoms with Gasteiger partial charge < -0.3 is 0 Å². The Morgan fingerprint density at radius 1 is 0.651 bits per heavy atom. The molecule has 0 fully saturated rings. The first kappa shape index (κ1) is 35.7. The maximum absolute atomic E-state index is 11.7. The van der Waals surface area contributed by atoms with Crippen LogP contribution < -0.4 is 0 Å². The smallest absolute Gasteiger partial charge is 0.258 e. The van der Waals surface area contributed by atoms with Gasteiger partial charge in [-0.1, -0.05) is 117 Å². The van der Waals surface area contributed by atoms with Crippen LogP contribution in [0, 0.1) is 20.9 Å². The highest BCUT2D eigenvalue weighted by Gasteiger charge is 2.27. The predicted molar refractivity (Wildman–Crippen MR) is 187 cm³/mol. The van der Waals surface area contributed by atoms with Gasteiger partial charge >= 0.3 is 0 Å². The molecule has 0 radical (unpaired) electrons. The first-order chi connectivity index (χ1) is 20.1. The summed E-state index contributed by atoms with van der Waals surface area (Å²) < 4.78 is 0. The molecule has 0 aromatic rings. The van der Waals surface area contributed by atoms with Crippen molar-refractivity contribution in [1.29, 1.82) is 0 Å². The standard InChI is InChI=1S/C40H55NO2/c1-30(18-13-19-31(2)22-24-37-34(5)20-14-26-39(37,7)8)16-11-12-17-32(3)28-36(41(42)43)29-33(4)23-25-38-35(6)21-15-27-40(38,9)10/h11-13,16-19,22-25,28-29H,14-15,20-21,26-27H2,1-10H3/b12-11+,18-13+,24-22+,25-23+,30-16+,31-19+,32-17+,33-29-,36-28-. The summed E-state index contributed by atoms with van der Waals surface area (Å²) in [5, 5.41) is 11.7. The van der Waals surface area contributed by atoms with Gasteiger partial charge in [0.25, 0.3) is 5.70 Å². The number of nitrogens with zero attached hydrogens (tertiary/aromatic N) is 1. The molecule has 43 heavy (non-hydrogen) atoms. The van der Waals surface area contributed by atoms with Crippen molar-refractivity contribution < 1.29 is 4.92 Å². The molecule has 2 aliphatic rings. The molecular weight excluding hydrogens is 526 g/mol. The fourth-order valence-corrected chi connectivity index (χ4v) is 6.04. The van der Waals surface area contributed by atoms with Crippen LogP contribution in [0.5, 0.6) is 0 Å². The maximum atomic E-state index is 11.7. The van der Waals surface area contributed by atoms with Gasteiger partial charge in [0.2, 0.25) is 0 Å². The minimum absolute atomic E-state index is 0.0854. The molecule has 232 valence electrons. The van der Waals surface area contributed by atoms with Crippen molar-refractivity contribution in [3.8, 4) is 0 Å². The lowest BCUT2D eigenvalue weighted by Gasteiger charge is -2.32. The van der Waals surface area contributed by atoms with Crippen molar-refractivity contribution >= 4 is 0 Å². The Morgan fingerprint density at radius 2 is 1.09 bits per heavy atom. The maximum Gasteiger partial charge on any atom is 0.269 e. The molecule has 2 aliphatic carbocycles. The Labute approximate surface area is 262 Å². The molecule has 0 saturated heterocycles. The summed E-state index contributed by atoms with van der Waals surface area (Å²) in [6.45, 7) is 21.7. The Kier molecular flexibility index (Phi) is 13.6. The molecule has 0 saturated carbocycles. The third-order valence-electron chi connectivity index (χ3n) is 8.62. The molecule has 3 nitrogen and oxygen atoms in total. The van der Waals surface area contributed by atoms with Gasteiger partial charge in [0.15, 0.2) is 0 Å². The van der Waals surface area contributed by atoms with Gasteiger partial charge in [0.05, 0.1) is 4.92 Å². The number of hydrogen-bond acceptors (Lipinski definition) is 2. The number of allylic oxidation sites excluding steroid dienone is 21. The largest absolute Gasteiger partial charge is 0.269 e. The van der Waals surface area contributed by atoms with Crippen LogP contribution in [0.4, 0.5) is 0 Å². The lowest BCUT2D eigenvalue weighted by atomic mass is 9.72. The summed E-state index contributed by atoms with van der Waals surface area (Å²) in [5.41, 5.74) is 10.3. The molecule has 3 heteroatoms. The van der Waals surface area contributed by atoms with Crippen LogP contribution in [0.15, 0.2) is 129 Å². The zero-order chi connectivity index (χ0) is 32.2. The molecule has 0 amide bonds. The van der Waals surface area contributed by atoms with Gasteiger partial charge in [-0.2, -0.15) is 0 Å². The van der Waals surface area contributed by atoms with Gasteiger partial charge in [-0.15, -0.1) is 0 Å². The average molecular weight is 582 g/mol. The quantitative estimate of drug-likeness (QED) is 0.138. The number of rotatable bonds is 11. The van der Waals surface area contributed by atoms with Crippen LogP contribution in [0.3, 0.4) is 0 Å². The molecule has 0 N–H and O–H groups in total. The van der Waals surface area contributed by atoms with E-state index in [1.807, 2.05) is 44.2 Å². The van der Waals surface area contributed by atoms with E-state index in [9.17, 15) is 10.1 Å². The van der Waals surface area contributed by atoms with Crippen LogP contribution in [0.2, 0.25) is 0 Å². The predicted octanol–water partition coefficient (Wildman–Crippen LogP) is 12.2. The fourth-order valence-electron chi connectivity index (χ4n) is 6.04. The third-order valence-corrected chi connectivity index (χ3v) is 8.62. The molecule has 0 unspecified atom stereocenters. The first-order valence-corrected chi connectivity index (χ1v) is 15.8. The van der Waals surface area contributed by atoms with E-state index in [4.69, 9.17) is 0 Å². The van der Waals surface area contributed by atoms with Crippen molar-refractivity contribution in [3.63, 3.8) is 0 Å². The highest BCUT2D eigenvalue weighted by atomic mass is 16.6. The van der Waals surface area contributed by atoms with Crippen LogP contribution in [-0.4, -0.2) is 4.92 Å². The van der Waals surface area contributed by atoms with E-state index in [-0.39, 0.29) is 21.5 Å². The molecule has 0 aliphatic heterocycles. The fraction of sp³-hybridized carbons (Fsp3) is 0.450. The molecule has 0 spiro atoms. The summed E-state index contributed by atoms with van der Waals surface area (Å²) in [7, 11) is 0. The lowest BCUT2D eigenvalue weighted by Crippen LogP contribution is -2.19. The van der Waals surface area contributed by atoms with Crippen LogP contribution in [-0.2, 0) is 0 Å². The normalized spacial score (nSPS) is 21.4. The summed E-state index contributed by atoms with van der Waals surface area (Å²) in [6.07, 6.45) is 33.3. The van der Waals surface area contributed by atoms with E-state index in [1.54, 1.807) is 12.2 Å². The Bertz CT molecular complexity index is 1370. The zero-order valence-corrected chi connectivity index (χ0v) is 28.5. The minimum Gasteiger partial charge on any atom is -0.258 e. The Balaban J connectivity index is 2.04. The van der Waals surface area contributed by atoms with Crippen LogP contribution in [0.1, 0.15) is 108 Å². The Hall–Kier alpha value is -3.46. The Morgan fingerprint density at radius 3 is 1.58 bits per heavy atom. The molecule has 0 aromatic carbocycles. The second-order valence-corrected chi connectivity index (χ2v) is 13.7. The number of hydrogen-bond donors (Lipinski definition) is 0. The van der Waals surface area contributed by atoms with Crippen molar-refractivity contribution in [2.75, 3.05) is 0 Å². The molecule has 0 aromatic heterocycles. The molecule has 2 rings (SSSR count). The SMILES string of the molecule is CC1=C(/C=C/C(C)=C\C(=C\C(C)=C\C=C\C=C(C)\C=C\C=C(C)\C=C\C2=C(C)CCCC2(C)C)[N+](=O)[O-])C(C)(C)CCC1. The van der Waals surface area contributed by atoms with E-state index < -0.39 is 0 Å². The van der Waals surface area contributed by atoms with Gasteiger partial charge in [0, 0.05) is 12.2 Å². The zero-order valence-electron chi connectivity index (χ0n) is 28.5. The van der Waals surface area contributed by atoms with Gasteiger partial charge in [0.1, 0.15) is 0 Å². The minimum atomic E-state index is -0.318. The van der Waals surface area contributed by atoms with Crippen LogP contribution >= 0.6 is 0 Å². The monoisotopic (exact) mass is 581 g/mol. The first-order valence-electron chi connectivity index (χ1n) is 15.8. The van der Waals surface area contributed by atoms with Crippen molar-refractivity contribution in [2.24, 2.45) is 10.8 Å². The highest BCUT2D eigenvalue weighted by molar-refractivity contribution is 5.39. The van der Waals surface area contributed by atoms with E-state index in [1.165, 1.54) is 60.0 Å². The number of nitro groups is 1. The third kappa shape index (κ3) is 12.0. The van der Waals surface area contributed by atoms with Gasteiger partial charge in [-0.05, 0) is 113 Å². The van der Waals surface area contributed by atoms with E-state index >= 15 is 0 Å². The molecule has 0 atom stereocenters. The topological polar surface area (TPSA) is 43.1 Å². The van der Waals surface area contributed by atoms with Gasteiger partial charge in [-0.25, -0.2) is 0 Å². The molecular formula is C40H55NO2. The summed E-state index contributed by atoms with van der Waals surface area (Å²) in [4.78, 5) is 11.4. The van der Waals surface area contributed by atoms with Crippen LogP contribution in [0.25, 0.3) is 0 Å². The van der Waals surface area contributed by atoms with E-state index in [2.05, 4.69) is 91.8 Å².